The van der Waals surface area contributed by atoms with Gasteiger partial charge < -0.3 is 11.5 Å². The van der Waals surface area contributed by atoms with E-state index in [4.69, 9.17) is 34.7 Å². The number of carbonyl (C=O) groups excluding carboxylic acids is 1. The molecule has 2 rings (SSSR count). The van der Waals surface area contributed by atoms with E-state index in [1.807, 2.05) is 6.07 Å². The number of primary amides is 1. The van der Waals surface area contributed by atoms with Crippen molar-refractivity contribution in [1.82, 2.24) is 9.97 Å². The topological polar surface area (TPSA) is 94.9 Å². The van der Waals surface area contributed by atoms with Gasteiger partial charge in [-0.15, -0.1) is 0 Å². The molecule has 0 unspecified atom stereocenters. The van der Waals surface area contributed by atoms with E-state index in [0.717, 1.165) is 5.56 Å². The Balaban J connectivity index is 2.35. The molecular formula is C13H12Cl2N4O. The van der Waals surface area contributed by atoms with Crippen LogP contribution in [0.3, 0.4) is 0 Å². The van der Waals surface area contributed by atoms with Crippen LogP contribution in [0.1, 0.15) is 27.4 Å². The molecule has 0 fully saturated rings. The Kier molecular flexibility index (Phi) is 4.11. The van der Waals surface area contributed by atoms with E-state index in [1.165, 1.54) is 0 Å². The maximum absolute atomic E-state index is 11.2. The van der Waals surface area contributed by atoms with Crippen LogP contribution in [0, 0.1) is 6.92 Å². The quantitative estimate of drug-likeness (QED) is 0.909. The number of aromatic nitrogens is 2. The first kappa shape index (κ1) is 14.6. The van der Waals surface area contributed by atoms with Crippen molar-refractivity contribution in [3.05, 3.63) is 50.9 Å². The fourth-order valence-electron chi connectivity index (χ4n) is 1.87. The highest BCUT2D eigenvalue weighted by Gasteiger charge is 2.14. The summed E-state index contributed by atoms with van der Waals surface area (Å²) in [4.78, 5) is 19.6. The molecule has 0 atom stereocenters. The van der Waals surface area contributed by atoms with Crippen LogP contribution < -0.4 is 11.5 Å². The summed E-state index contributed by atoms with van der Waals surface area (Å²) in [6, 6.07) is 5.26. The zero-order valence-electron chi connectivity index (χ0n) is 10.7. The van der Waals surface area contributed by atoms with E-state index < -0.39 is 5.91 Å². The third kappa shape index (κ3) is 3.00. The number of nitrogens with two attached hydrogens (primary N) is 2. The van der Waals surface area contributed by atoms with Gasteiger partial charge in [0, 0.05) is 6.42 Å². The van der Waals surface area contributed by atoms with E-state index in [2.05, 4.69) is 9.97 Å². The van der Waals surface area contributed by atoms with E-state index in [0.29, 0.717) is 28.0 Å². The molecule has 7 heteroatoms. The van der Waals surface area contributed by atoms with Crippen molar-refractivity contribution in [2.24, 2.45) is 5.73 Å². The molecule has 0 bridgehead atoms. The monoisotopic (exact) mass is 310 g/mol. The minimum Gasteiger partial charge on any atom is -0.383 e. The van der Waals surface area contributed by atoms with Gasteiger partial charge in [-0.25, -0.2) is 9.97 Å². The molecule has 5 nitrogen and oxygen atoms in total. The van der Waals surface area contributed by atoms with Crippen LogP contribution in [0.5, 0.6) is 0 Å². The van der Waals surface area contributed by atoms with Crippen LogP contribution in [0.15, 0.2) is 18.2 Å². The Bertz CT molecular complexity index is 665. The molecule has 0 spiro atoms. The lowest BCUT2D eigenvalue weighted by molar-refractivity contribution is 0.1000. The van der Waals surface area contributed by atoms with Crippen molar-refractivity contribution in [2.45, 2.75) is 13.3 Å². The van der Waals surface area contributed by atoms with Gasteiger partial charge in [-0.2, -0.15) is 0 Å². The number of nitrogens with zero attached hydrogens (tertiary/aromatic N) is 2. The summed E-state index contributed by atoms with van der Waals surface area (Å²) < 4.78 is 0. The van der Waals surface area contributed by atoms with Gasteiger partial charge in [0.05, 0.1) is 15.7 Å². The fourth-order valence-corrected chi connectivity index (χ4v) is 2.19. The Hall–Kier alpha value is -1.85. The zero-order chi connectivity index (χ0) is 14.9. The Labute approximate surface area is 125 Å². The number of benzene rings is 1. The third-order valence-corrected chi connectivity index (χ3v) is 3.50. The number of hydrogen-bond acceptors (Lipinski definition) is 4. The van der Waals surface area contributed by atoms with Crippen molar-refractivity contribution in [3.8, 4) is 0 Å². The van der Waals surface area contributed by atoms with Gasteiger partial charge in [-0.1, -0.05) is 29.3 Å². The van der Waals surface area contributed by atoms with Gasteiger partial charge in [0.15, 0.2) is 0 Å². The Morgan fingerprint density at radius 2 is 1.95 bits per heavy atom. The van der Waals surface area contributed by atoms with Crippen LogP contribution in [0.4, 0.5) is 5.82 Å². The van der Waals surface area contributed by atoms with Crippen molar-refractivity contribution >= 4 is 34.9 Å². The lowest BCUT2D eigenvalue weighted by Crippen LogP contribution is -2.18. The average Bonchev–Trinajstić information content (AvgIpc) is 2.32. The molecule has 0 radical (unpaired) electrons. The second-order valence-corrected chi connectivity index (χ2v) is 5.09. The van der Waals surface area contributed by atoms with Crippen LogP contribution in [0.25, 0.3) is 0 Å². The highest BCUT2D eigenvalue weighted by molar-refractivity contribution is 6.42. The molecular weight excluding hydrogens is 299 g/mol. The molecule has 1 heterocycles. The summed E-state index contributed by atoms with van der Waals surface area (Å²) in [5.41, 5.74) is 12.5. The van der Waals surface area contributed by atoms with Gasteiger partial charge in [0.1, 0.15) is 17.2 Å². The van der Waals surface area contributed by atoms with E-state index in [9.17, 15) is 4.79 Å². The van der Waals surface area contributed by atoms with Gasteiger partial charge in [-0.05, 0) is 24.6 Å². The Morgan fingerprint density at radius 3 is 2.50 bits per heavy atom. The third-order valence-electron chi connectivity index (χ3n) is 2.76. The molecule has 1 amide bonds. The van der Waals surface area contributed by atoms with E-state index in [-0.39, 0.29) is 11.4 Å². The Morgan fingerprint density at radius 1 is 1.25 bits per heavy atom. The van der Waals surface area contributed by atoms with E-state index >= 15 is 0 Å². The first-order chi connectivity index (χ1) is 9.38. The number of amides is 1. The molecule has 4 N–H and O–H groups in total. The van der Waals surface area contributed by atoms with Crippen molar-refractivity contribution in [2.75, 3.05) is 5.73 Å². The lowest BCUT2D eigenvalue weighted by atomic mass is 10.1. The predicted molar refractivity (Wildman–Crippen MR) is 79.0 cm³/mol. The van der Waals surface area contributed by atoms with Crippen molar-refractivity contribution < 1.29 is 4.79 Å². The predicted octanol–water partition coefficient (Wildman–Crippen LogP) is 2.36. The van der Waals surface area contributed by atoms with Gasteiger partial charge in [0.25, 0.3) is 5.91 Å². The second-order valence-electron chi connectivity index (χ2n) is 4.27. The van der Waals surface area contributed by atoms with Gasteiger partial charge in [-0.3, -0.25) is 4.79 Å². The number of hydrogen-bond donors (Lipinski definition) is 2. The summed E-state index contributed by atoms with van der Waals surface area (Å²) in [6.07, 6.45) is 0.432. The average molecular weight is 311 g/mol. The summed E-state index contributed by atoms with van der Waals surface area (Å²) in [5.74, 6) is -0.0652. The van der Waals surface area contributed by atoms with Crippen molar-refractivity contribution in [1.29, 1.82) is 0 Å². The maximum atomic E-state index is 11.2. The first-order valence-electron chi connectivity index (χ1n) is 5.75. The fraction of sp³-hybridized carbons (Fsp3) is 0.154. The lowest BCUT2D eigenvalue weighted by Gasteiger charge is -2.08. The smallest absolute Gasteiger partial charge is 0.254 e. The van der Waals surface area contributed by atoms with E-state index in [1.54, 1.807) is 19.1 Å². The molecule has 2 aromatic rings. The standard InChI is InChI=1S/C13H12Cl2N4O/c1-6-11(13(17)20)12(16)19-10(18-6)5-7-2-3-8(14)9(15)4-7/h2-4H,5H2,1H3,(H2,17,20)(H2,16,18,19). The molecule has 1 aromatic carbocycles. The SMILES string of the molecule is Cc1nc(Cc2ccc(Cl)c(Cl)c2)nc(N)c1C(N)=O. The van der Waals surface area contributed by atoms with Crippen LogP contribution >= 0.6 is 23.2 Å². The van der Waals surface area contributed by atoms with Crippen LogP contribution in [-0.4, -0.2) is 15.9 Å². The molecule has 0 aliphatic rings. The summed E-state index contributed by atoms with van der Waals surface area (Å²) in [5, 5.41) is 0.943. The summed E-state index contributed by atoms with van der Waals surface area (Å²) in [6.45, 7) is 1.66. The van der Waals surface area contributed by atoms with Crippen molar-refractivity contribution in [3.63, 3.8) is 0 Å². The largest absolute Gasteiger partial charge is 0.383 e. The number of anilines is 1. The number of rotatable bonds is 3. The number of halogens is 2. The highest BCUT2D eigenvalue weighted by Crippen LogP contribution is 2.23. The molecule has 0 saturated carbocycles. The highest BCUT2D eigenvalue weighted by atomic mass is 35.5. The van der Waals surface area contributed by atoms with Crippen LogP contribution in [-0.2, 0) is 6.42 Å². The molecule has 0 saturated heterocycles. The van der Waals surface area contributed by atoms with Gasteiger partial charge >= 0.3 is 0 Å². The van der Waals surface area contributed by atoms with Crippen LogP contribution in [0.2, 0.25) is 10.0 Å². The molecule has 1 aromatic heterocycles. The molecule has 0 aliphatic carbocycles. The minimum atomic E-state index is -0.638. The maximum Gasteiger partial charge on any atom is 0.254 e. The zero-order valence-corrected chi connectivity index (χ0v) is 12.2. The van der Waals surface area contributed by atoms with Gasteiger partial charge in [0.2, 0.25) is 0 Å². The summed E-state index contributed by atoms with van der Waals surface area (Å²) >= 11 is 11.8. The molecule has 20 heavy (non-hydrogen) atoms. The number of carbonyl (C=O) groups is 1. The second kappa shape index (κ2) is 5.64. The normalized spacial score (nSPS) is 10.6. The number of nitrogen functional groups attached to an aromatic ring is 1. The summed E-state index contributed by atoms with van der Waals surface area (Å²) in [7, 11) is 0. The first-order valence-corrected chi connectivity index (χ1v) is 6.50. The minimum absolute atomic E-state index is 0.0834. The molecule has 0 aliphatic heterocycles. The number of aryl methyl sites for hydroxylation is 1. The molecule has 104 valence electrons.